The van der Waals surface area contributed by atoms with Crippen LogP contribution in [0, 0.1) is 28.6 Å². The van der Waals surface area contributed by atoms with E-state index in [-0.39, 0.29) is 12.5 Å². The number of carboxylic acid groups (broad SMARTS) is 1. The maximum Gasteiger partial charge on any atom is 0.407 e. The van der Waals surface area contributed by atoms with Gasteiger partial charge >= 0.3 is 6.09 Å². The second kappa shape index (κ2) is 9.99. The van der Waals surface area contributed by atoms with Crippen molar-refractivity contribution in [2.75, 3.05) is 24.5 Å². The van der Waals surface area contributed by atoms with Gasteiger partial charge in [-0.1, -0.05) is 18.2 Å². The van der Waals surface area contributed by atoms with Crippen molar-refractivity contribution >= 4 is 11.8 Å². The number of anilines is 1. The number of nitriles is 2. The summed E-state index contributed by atoms with van der Waals surface area (Å²) in [7, 11) is 0. The molecule has 7 nitrogen and oxygen atoms in total. The summed E-state index contributed by atoms with van der Waals surface area (Å²) in [5, 5.41) is 28.1. The van der Waals surface area contributed by atoms with Crippen LogP contribution in [0.3, 0.4) is 0 Å². The second-order valence-corrected chi connectivity index (χ2v) is 6.96. The van der Waals surface area contributed by atoms with Gasteiger partial charge in [0.1, 0.15) is 18.0 Å². The lowest BCUT2D eigenvalue weighted by Gasteiger charge is -2.31. The second-order valence-electron chi connectivity index (χ2n) is 6.96. The Labute approximate surface area is 175 Å². The van der Waals surface area contributed by atoms with Crippen LogP contribution < -0.4 is 9.64 Å². The molecule has 30 heavy (non-hydrogen) atoms. The van der Waals surface area contributed by atoms with Crippen LogP contribution in [-0.4, -0.2) is 35.7 Å². The highest BCUT2D eigenvalue weighted by Crippen LogP contribution is 2.27. The van der Waals surface area contributed by atoms with Gasteiger partial charge in [0.25, 0.3) is 0 Å². The van der Waals surface area contributed by atoms with Gasteiger partial charge in [-0.3, -0.25) is 0 Å². The summed E-state index contributed by atoms with van der Waals surface area (Å²) in [5.41, 5.74) is 1.22. The zero-order valence-corrected chi connectivity index (χ0v) is 16.4. The molecule has 0 radical (unpaired) electrons. The van der Waals surface area contributed by atoms with Crippen molar-refractivity contribution in [2.24, 2.45) is 5.92 Å². The van der Waals surface area contributed by atoms with Gasteiger partial charge in [0, 0.05) is 30.9 Å². The monoisotopic (exact) mass is 402 g/mol. The van der Waals surface area contributed by atoms with Crippen molar-refractivity contribution in [1.82, 2.24) is 4.90 Å². The highest BCUT2D eigenvalue weighted by molar-refractivity contribution is 5.65. The quantitative estimate of drug-likeness (QED) is 0.559. The number of hydrogen-bond acceptors (Lipinski definition) is 5. The molecule has 1 atom stereocenters. The van der Waals surface area contributed by atoms with Gasteiger partial charge in [-0.15, -0.1) is 0 Å². The molecule has 0 bridgehead atoms. The Balaban J connectivity index is 1.78. The van der Waals surface area contributed by atoms with Crippen LogP contribution in [0.1, 0.15) is 12.8 Å². The molecule has 7 heteroatoms. The van der Waals surface area contributed by atoms with Gasteiger partial charge in [0.2, 0.25) is 0 Å². The van der Waals surface area contributed by atoms with Crippen molar-refractivity contribution in [3.63, 3.8) is 0 Å². The van der Waals surface area contributed by atoms with Gasteiger partial charge < -0.3 is 19.6 Å². The first kappa shape index (κ1) is 20.8. The van der Waals surface area contributed by atoms with Gasteiger partial charge in [0.05, 0.1) is 17.7 Å². The van der Waals surface area contributed by atoms with Crippen LogP contribution in [0.5, 0.6) is 11.5 Å². The van der Waals surface area contributed by atoms with Gasteiger partial charge in [-0.05, 0) is 49.2 Å². The fraction of sp³-hybridized carbons (Fsp3) is 0.261. The molecule has 1 saturated heterocycles. The third-order valence-electron chi connectivity index (χ3n) is 4.94. The van der Waals surface area contributed by atoms with Crippen LogP contribution >= 0.6 is 0 Å². The number of likely N-dealkylation sites (tertiary alicyclic amines) is 1. The molecular weight excluding hydrogens is 380 g/mol. The molecule has 2 aromatic rings. The first-order valence-corrected chi connectivity index (χ1v) is 9.67. The SMILES string of the molecule is N#CCN(C=C(C#N)C1CCCN(C(=O)O)C1)c1ccc(Oc2ccccc2)cc1. The van der Waals surface area contributed by atoms with E-state index in [0.717, 1.165) is 17.9 Å². The lowest BCUT2D eigenvalue weighted by atomic mass is 9.91. The molecule has 1 amide bonds. The Hall–Kier alpha value is -3.97. The number of hydrogen-bond donors (Lipinski definition) is 1. The fourth-order valence-electron chi connectivity index (χ4n) is 3.42. The molecule has 1 aliphatic heterocycles. The molecule has 0 spiro atoms. The lowest BCUT2D eigenvalue weighted by molar-refractivity contribution is 0.126. The summed E-state index contributed by atoms with van der Waals surface area (Å²) >= 11 is 0. The molecule has 1 N–H and O–H groups in total. The molecular formula is C23H22N4O3. The number of nitrogens with zero attached hydrogens (tertiary/aromatic N) is 4. The maximum atomic E-state index is 11.3. The van der Waals surface area contributed by atoms with Gasteiger partial charge in [-0.25, -0.2) is 4.79 Å². The van der Waals surface area contributed by atoms with E-state index >= 15 is 0 Å². The summed E-state index contributed by atoms with van der Waals surface area (Å²) in [6.45, 7) is 0.841. The third kappa shape index (κ3) is 5.30. The van der Waals surface area contributed by atoms with Crippen LogP contribution in [-0.2, 0) is 0 Å². The number of para-hydroxylation sites is 1. The summed E-state index contributed by atoms with van der Waals surface area (Å²) < 4.78 is 5.79. The predicted octanol–water partition coefficient (Wildman–Crippen LogP) is 4.61. The Kier molecular flexibility index (Phi) is 6.91. The van der Waals surface area contributed by atoms with E-state index < -0.39 is 6.09 Å². The van der Waals surface area contributed by atoms with Crippen molar-refractivity contribution in [1.29, 1.82) is 10.5 Å². The van der Waals surface area contributed by atoms with Crippen molar-refractivity contribution in [3.05, 3.63) is 66.4 Å². The molecule has 152 valence electrons. The minimum absolute atomic E-state index is 0.0689. The number of amides is 1. The highest BCUT2D eigenvalue weighted by Gasteiger charge is 2.26. The first-order chi connectivity index (χ1) is 14.6. The molecule has 0 aromatic heterocycles. The molecule has 1 unspecified atom stereocenters. The van der Waals surface area contributed by atoms with E-state index in [1.54, 1.807) is 23.2 Å². The average Bonchev–Trinajstić information content (AvgIpc) is 2.78. The Morgan fingerprint density at radius 2 is 1.87 bits per heavy atom. The van der Waals surface area contributed by atoms with E-state index in [9.17, 15) is 20.4 Å². The third-order valence-corrected chi connectivity index (χ3v) is 4.94. The highest BCUT2D eigenvalue weighted by atomic mass is 16.5. The van der Waals surface area contributed by atoms with E-state index in [0.29, 0.717) is 30.8 Å². The van der Waals surface area contributed by atoms with Gasteiger partial charge in [-0.2, -0.15) is 10.5 Å². The largest absolute Gasteiger partial charge is 0.465 e. The predicted molar refractivity (Wildman–Crippen MR) is 112 cm³/mol. The Morgan fingerprint density at radius 3 is 2.50 bits per heavy atom. The molecule has 0 saturated carbocycles. The summed E-state index contributed by atoms with van der Waals surface area (Å²) in [6, 6.07) is 21.0. The molecule has 3 rings (SSSR count). The molecule has 1 heterocycles. The van der Waals surface area contributed by atoms with Crippen LogP contribution in [0.4, 0.5) is 10.5 Å². The summed E-state index contributed by atoms with van der Waals surface area (Å²) in [5.74, 6) is 1.21. The molecule has 2 aromatic carbocycles. The number of ether oxygens (including phenoxy) is 1. The zero-order chi connectivity index (χ0) is 21.3. The van der Waals surface area contributed by atoms with Crippen LogP contribution in [0.2, 0.25) is 0 Å². The molecule has 1 fully saturated rings. The zero-order valence-electron chi connectivity index (χ0n) is 16.4. The summed E-state index contributed by atoms with van der Waals surface area (Å²) in [4.78, 5) is 14.3. The van der Waals surface area contributed by atoms with Gasteiger partial charge in [0.15, 0.2) is 0 Å². The first-order valence-electron chi connectivity index (χ1n) is 9.67. The van der Waals surface area contributed by atoms with Crippen molar-refractivity contribution < 1.29 is 14.6 Å². The smallest absolute Gasteiger partial charge is 0.407 e. The van der Waals surface area contributed by atoms with Crippen LogP contribution in [0.15, 0.2) is 66.4 Å². The number of benzene rings is 2. The minimum Gasteiger partial charge on any atom is -0.465 e. The lowest BCUT2D eigenvalue weighted by Crippen LogP contribution is -2.39. The van der Waals surface area contributed by atoms with Crippen molar-refractivity contribution in [3.8, 4) is 23.6 Å². The number of rotatable bonds is 6. The minimum atomic E-state index is -0.972. The number of carbonyl (C=O) groups is 1. The topological polar surface area (TPSA) is 101 Å². The Bertz CT molecular complexity index is 974. The standard InChI is InChI=1S/C23H22N4O3/c24-12-14-26(17-19(15-25)18-5-4-13-27(16-18)23(28)29)20-8-10-22(11-9-20)30-21-6-2-1-3-7-21/h1-3,6-11,17-18H,4-5,13-14,16H2,(H,28,29). The normalized spacial score (nSPS) is 16.3. The van der Waals surface area contributed by atoms with E-state index in [1.807, 2.05) is 42.5 Å². The van der Waals surface area contributed by atoms with E-state index in [2.05, 4.69) is 12.1 Å². The summed E-state index contributed by atoms with van der Waals surface area (Å²) in [6.07, 6.45) is 2.14. The molecule has 1 aliphatic rings. The van der Waals surface area contributed by atoms with Crippen molar-refractivity contribution in [2.45, 2.75) is 12.8 Å². The average molecular weight is 402 g/mol. The number of piperidine rings is 1. The molecule has 0 aliphatic carbocycles. The van der Waals surface area contributed by atoms with E-state index in [1.165, 1.54) is 4.90 Å². The Morgan fingerprint density at radius 1 is 1.17 bits per heavy atom. The maximum absolute atomic E-state index is 11.3. The van der Waals surface area contributed by atoms with E-state index in [4.69, 9.17) is 4.74 Å². The fourth-order valence-corrected chi connectivity index (χ4v) is 3.42. The van der Waals surface area contributed by atoms with Crippen LogP contribution in [0.25, 0.3) is 0 Å².